The van der Waals surface area contributed by atoms with Gasteiger partial charge in [-0.3, -0.25) is 4.79 Å². The molecule has 1 unspecified atom stereocenters. The van der Waals surface area contributed by atoms with Gasteiger partial charge in [-0.15, -0.1) is 0 Å². The molecule has 0 radical (unpaired) electrons. The highest BCUT2D eigenvalue weighted by atomic mass is 35.5. The Morgan fingerprint density at radius 1 is 1.60 bits per heavy atom. The van der Waals surface area contributed by atoms with E-state index in [1.165, 1.54) is 12.1 Å². The molecule has 1 aliphatic heterocycles. The molecule has 0 saturated carbocycles. The minimum absolute atomic E-state index is 0.202. The minimum Gasteiger partial charge on any atom is -0.382 e. The van der Waals surface area contributed by atoms with Gasteiger partial charge in [-0.05, 0) is 18.1 Å². The quantitative estimate of drug-likeness (QED) is 0.929. The SMILES string of the molecule is CC(C)CNC(=O)C1CC(c2c(F)cccc2Cl)=NO1. The van der Waals surface area contributed by atoms with E-state index in [0.717, 1.165) is 0 Å². The molecule has 0 spiro atoms. The second-order valence-corrected chi connectivity index (χ2v) is 5.48. The van der Waals surface area contributed by atoms with E-state index >= 15 is 0 Å². The average Bonchev–Trinajstić information content (AvgIpc) is 2.85. The fraction of sp³-hybridized carbons (Fsp3) is 0.429. The lowest BCUT2D eigenvalue weighted by molar-refractivity contribution is -0.131. The average molecular weight is 299 g/mol. The summed E-state index contributed by atoms with van der Waals surface area (Å²) in [6, 6.07) is 4.40. The molecular weight excluding hydrogens is 283 g/mol. The Morgan fingerprint density at radius 2 is 2.35 bits per heavy atom. The maximum Gasteiger partial charge on any atom is 0.264 e. The first-order chi connectivity index (χ1) is 9.49. The molecule has 1 aliphatic rings. The summed E-state index contributed by atoms with van der Waals surface area (Å²) >= 11 is 5.96. The highest BCUT2D eigenvalue weighted by Gasteiger charge is 2.30. The number of benzene rings is 1. The van der Waals surface area contributed by atoms with E-state index in [-0.39, 0.29) is 22.9 Å². The van der Waals surface area contributed by atoms with Crippen LogP contribution in [0.4, 0.5) is 4.39 Å². The molecule has 1 aromatic carbocycles. The fourth-order valence-corrected chi connectivity index (χ4v) is 2.13. The molecule has 0 bridgehead atoms. The molecular formula is C14H16ClFN2O2. The van der Waals surface area contributed by atoms with E-state index < -0.39 is 11.9 Å². The lowest BCUT2D eigenvalue weighted by Gasteiger charge is -2.11. The Hall–Kier alpha value is -1.62. The van der Waals surface area contributed by atoms with Gasteiger partial charge in [-0.1, -0.05) is 36.7 Å². The molecule has 1 atom stereocenters. The first-order valence-electron chi connectivity index (χ1n) is 6.43. The van der Waals surface area contributed by atoms with Gasteiger partial charge in [0.2, 0.25) is 6.10 Å². The van der Waals surface area contributed by atoms with Crippen LogP contribution >= 0.6 is 11.6 Å². The molecule has 6 heteroatoms. The van der Waals surface area contributed by atoms with Crippen LogP contribution in [0.2, 0.25) is 5.02 Å². The van der Waals surface area contributed by atoms with Crippen molar-refractivity contribution < 1.29 is 14.0 Å². The summed E-state index contributed by atoms with van der Waals surface area (Å²) in [5, 5.41) is 6.81. The van der Waals surface area contributed by atoms with Crippen molar-refractivity contribution in [2.45, 2.75) is 26.4 Å². The first kappa shape index (κ1) is 14.8. The molecule has 20 heavy (non-hydrogen) atoms. The summed E-state index contributed by atoms with van der Waals surface area (Å²) in [7, 11) is 0. The lowest BCUT2D eigenvalue weighted by Crippen LogP contribution is -2.36. The van der Waals surface area contributed by atoms with Gasteiger partial charge >= 0.3 is 0 Å². The Balaban J connectivity index is 2.03. The summed E-state index contributed by atoms with van der Waals surface area (Å²) in [5.74, 6) is -0.366. The van der Waals surface area contributed by atoms with Crippen LogP contribution < -0.4 is 5.32 Å². The van der Waals surface area contributed by atoms with Crippen molar-refractivity contribution in [1.82, 2.24) is 5.32 Å². The topological polar surface area (TPSA) is 50.7 Å². The number of nitrogens with zero attached hydrogens (tertiary/aromatic N) is 1. The number of rotatable bonds is 4. The number of nitrogens with one attached hydrogen (secondary N) is 1. The van der Waals surface area contributed by atoms with Crippen molar-refractivity contribution in [3.05, 3.63) is 34.6 Å². The van der Waals surface area contributed by atoms with Gasteiger partial charge in [0.25, 0.3) is 5.91 Å². The Kier molecular flexibility index (Phi) is 4.60. The number of halogens is 2. The van der Waals surface area contributed by atoms with E-state index in [1.54, 1.807) is 6.07 Å². The standard InChI is InChI=1S/C14H16ClFN2O2/c1-8(2)7-17-14(19)12-6-11(18-20-12)13-9(15)4-3-5-10(13)16/h3-5,8,12H,6-7H2,1-2H3,(H,17,19). The van der Waals surface area contributed by atoms with Gasteiger partial charge in [0.05, 0.1) is 16.3 Å². The van der Waals surface area contributed by atoms with Gasteiger partial charge in [0.15, 0.2) is 0 Å². The summed E-state index contributed by atoms with van der Waals surface area (Å²) < 4.78 is 13.8. The maximum atomic E-state index is 13.8. The van der Waals surface area contributed by atoms with E-state index in [1.807, 2.05) is 13.8 Å². The zero-order valence-corrected chi connectivity index (χ0v) is 12.1. The summed E-state index contributed by atoms with van der Waals surface area (Å²) in [4.78, 5) is 16.9. The minimum atomic E-state index is -0.723. The zero-order valence-electron chi connectivity index (χ0n) is 11.3. The van der Waals surface area contributed by atoms with E-state index in [0.29, 0.717) is 18.2 Å². The highest BCUT2D eigenvalue weighted by molar-refractivity contribution is 6.34. The van der Waals surface area contributed by atoms with Crippen molar-refractivity contribution >= 4 is 23.2 Å². The van der Waals surface area contributed by atoms with E-state index in [9.17, 15) is 9.18 Å². The number of hydrogen-bond donors (Lipinski definition) is 1. The van der Waals surface area contributed by atoms with Gasteiger partial charge in [-0.2, -0.15) is 0 Å². The maximum absolute atomic E-state index is 13.8. The normalized spacial score (nSPS) is 17.9. The summed E-state index contributed by atoms with van der Waals surface area (Å²) in [5.41, 5.74) is 0.561. The van der Waals surface area contributed by atoms with Crippen LogP contribution in [0.3, 0.4) is 0 Å². The van der Waals surface area contributed by atoms with Gasteiger partial charge in [0, 0.05) is 13.0 Å². The third kappa shape index (κ3) is 3.28. The van der Waals surface area contributed by atoms with E-state index in [2.05, 4.69) is 10.5 Å². The molecule has 108 valence electrons. The predicted molar refractivity (Wildman–Crippen MR) is 75.3 cm³/mol. The van der Waals surface area contributed by atoms with Crippen molar-refractivity contribution in [2.75, 3.05) is 6.54 Å². The number of carbonyl (C=O) groups excluding carboxylic acids is 1. The number of amides is 1. The van der Waals surface area contributed by atoms with Crippen molar-refractivity contribution in [3.8, 4) is 0 Å². The van der Waals surface area contributed by atoms with Crippen LogP contribution in [-0.2, 0) is 9.63 Å². The smallest absolute Gasteiger partial charge is 0.264 e. The molecule has 0 aliphatic carbocycles. The van der Waals surface area contributed by atoms with Crippen molar-refractivity contribution in [1.29, 1.82) is 0 Å². The monoisotopic (exact) mass is 298 g/mol. The lowest BCUT2D eigenvalue weighted by atomic mass is 10.0. The molecule has 0 fully saturated rings. The fourth-order valence-electron chi connectivity index (χ4n) is 1.86. The molecule has 1 N–H and O–H groups in total. The van der Waals surface area contributed by atoms with E-state index in [4.69, 9.17) is 16.4 Å². The molecule has 1 amide bonds. The zero-order chi connectivity index (χ0) is 14.7. The Labute approximate surface area is 121 Å². The van der Waals surface area contributed by atoms with Crippen LogP contribution in [0.25, 0.3) is 0 Å². The molecule has 4 nitrogen and oxygen atoms in total. The van der Waals surface area contributed by atoms with Crippen LogP contribution in [0, 0.1) is 11.7 Å². The van der Waals surface area contributed by atoms with Crippen LogP contribution in [0.5, 0.6) is 0 Å². The first-order valence-corrected chi connectivity index (χ1v) is 6.81. The number of hydrogen-bond acceptors (Lipinski definition) is 3. The molecule has 2 rings (SSSR count). The van der Waals surface area contributed by atoms with Crippen LogP contribution in [-0.4, -0.2) is 24.3 Å². The second kappa shape index (κ2) is 6.22. The van der Waals surface area contributed by atoms with Crippen molar-refractivity contribution in [3.63, 3.8) is 0 Å². The van der Waals surface area contributed by atoms with Gasteiger partial charge in [-0.25, -0.2) is 4.39 Å². The number of carbonyl (C=O) groups is 1. The molecule has 1 heterocycles. The summed E-state index contributed by atoms with van der Waals surface area (Å²) in [6.45, 7) is 4.56. The largest absolute Gasteiger partial charge is 0.382 e. The Bertz CT molecular complexity index is 526. The summed E-state index contributed by atoms with van der Waals surface area (Å²) in [6.07, 6.45) is -0.510. The molecule has 1 aromatic rings. The van der Waals surface area contributed by atoms with Gasteiger partial charge < -0.3 is 10.2 Å². The van der Waals surface area contributed by atoms with Crippen LogP contribution in [0.15, 0.2) is 23.4 Å². The van der Waals surface area contributed by atoms with Gasteiger partial charge in [0.1, 0.15) is 5.82 Å². The molecule has 0 saturated heterocycles. The predicted octanol–water partition coefficient (Wildman–Crippen LogP) is 2.74. The molecule has 0 aromatic heterocycles. The third-order valence-corrected chi connectivity index (χ3v) is 3.21. The van der Waals surface area contributed by atoms with Crippen molar-refractivity contribution in [2.24, 2.45) is 11.1 Å². The number of oxime groups is 1. The van der Waals surface area contributed by atoms with Crippen LogP contribution in [0.1, 0.15) is 25.8 Å². The highest BCUT2D eigenvalue weighted by Crippen LogP contribution is 2.25. The third-order valence-electron chi connectivity index (χ3n) is 2.90. The Morgan fingerprint density at radius 3 is 3.00 bits per heavy atom. The second-order valence-electron chi connectivity index (χ2n) is 5.07.